The van der Waals surface area contributed by atoms with E-state index in [2.05, 4.69) is 23.3 Å². The van der Waals surface area contributed by atoms with Gasteiger partial charge >= 0.3 is 0 Å². The summed E-state index contributed by atoms with van der Waals surface area (Å²) in [4.78, 5) is 39.8. The number of hydrogen-bond donors (Lipinski definition) is 2. The molecule has 1 aliphatic heterocycles. The van der Waals surface area contributed by atoms with Crippen molar-refractivity contribution in [1.29, 1.82) is 5.26 Å². The van der Waals surface area contributed by atoms with Gasteiger partial charge in [-0.05, 0) is 49.0 Å². The molecule has 1 aromatic rings. The molecule has 0 bridgehead atoms. The Balaban J connectivity index is 1.76. The zero-order valence-electron chi connectivity index (χ0n) is 17.3. The van der Waals surface area contributed by atoms with Crippen LogP contribution >= 0.6 is 0 Å². The largest absolute Gasteiger partial charge is 0.357 e. The minimum atomic E-state index is -0.765. The molecular weight excluding hydrogens is 380 g/mol. The molecule has 4 atom stereocenters. The molecule has 2 N–H and O–H groups in total. The Bertz CT molecular complexity index is 858. The number of amides is 3. The molecule has 1 heterocycles. The maximum Gasteiger partial charge on any atom is 0.246 e. The van der Waals surface area contributed by atoms with Crippen molar-refractivity contribution in [2.75, 3.05) is 7.05 Å². The summed E-state index contributed by atoms with van der Waals surface area (Å²) in [5, 5.41) is 14.4. The molecular formula is C23H28N4O3. The molecule has 7 heteroatoms. The van der Waals surface area contributed by atoms with E-state index >= 15 is 0 Å². The highest BCUT2D eigenvalue weighted by Gasteiger charge is 2.47. The first-order valence-electron chi connectivity index (χ1n) is 10.4. The Morgan fingerprint density at radius 3 is 2.60 bits per heavy atom. The fraction of sp³-hybridized carbons (Fsp3) is 0.478. The van der Waals surface area contributed by atoms with Gasteiger partial charge < -0.3 is 15.5 Å². The Hall–Kier alpha value is -3.14. The molecule has 158 valence electrons. The number of likely N-dealkylation sites (N-methyl/N-ethyl adjacent to an activating group) is 1. The first kappa shape index (κ1) is 21.6. The highest BCUT2D eigenvalue weighted by Crippen LogP contribution is 2.40. The average molecular weight is 409 g/mol. The monoisotopic (exact) mass is 408 g/mol. The van der Waals surface area contributed by atoms with E-state index in [9.17, 15) is 14.4 Å². The molecule has 0 aromatic heterocycles. The van der Waals surface area contributed by atoms with Crippen LogP contribution in [0.5, 0.6) is 0 Å². The number of likely N-dealkylation sites (tertiary alicyclic amines) is 1. The molecule has 3 unspecified atom stereocenters. The van der Waals surface area contributed by atoms with Gasteiger partial charge in [0.2, 0.25) is 17.7 Å². The highest BCUT2D eigenvalue weighted by molar-refractivity contribution is 5.95. The third-order valence-electron chi connectivity index (χ3n) is 6.22. The van der Waals surface area contributed by atoms with Gasteiger partial charge in [-0.2, -0.15) is 5.26 Å². The van der Waals surface area contributed by atoms with Gasteiger partial charge in [-0.15, -0.1) is 0 Å². The Morgan fingerprint density at radius 1 is 1.27 bits per heavy atom. The molecule has 0 spiro atoms. The molecule has 30 heavy (non-hydrogen) atoms. The van der Waals surface area contributed by atoms with Crippen LogP contribution in [0.3, 0.4) is 0 Å². The van der Waals surface area contributed by atoms with Crippen LogP contribution in [-0.4, -0.2) is 47.8 Å². The molecule has 3 amide bonds. The molecule has 3 rings (SSSR count). The van der Waals surface area contributed by atoms with Gasteiger partial charge in [0, 0.05) is 19.5 Å². The van der Waals surface area contributed by atoms with E-state index in [1.807, 2.05) is 0 Å². The van der Waals surface area contributed by atoms with Crippen molar-refractivity contribution in [1.82, 2.24) is 15.5 Å². The second kappa shape index (κ2) is 9.57. The van der Waals surface area contributed by atoms with E-state index in [0.717, 1.165) is 31.2 Å². The van der Waals surface area contributed by atoms with Crippen LogP contribution in [0.25, 0.3) is 0 Å². The maximum atomic E-state index is 13.2. The van der Waals surface area contributed by atoms with Gasteiger partial charge in [0.05, 0.1) is 11.6 Å². The number of nitriles is 1. The van der Waals surface area contributed by atoms with Gasteiger partial charge in [0.15, 0.2) is 0 Å². The van der Waals surface area contributed by atoms with Crippen LogP contribution in [0.4, 0.5) is 0 Å². The number of nitrogens with zero attached hydrogens (tertiary/aromatic N) is 2. The fourth-order valence-corrected chi connectivity index (χ4v) is 4.72. The van der Waals surface area contributed by atoms with Crippen LogP contribution in [0, 0.1) is 17.2 Å². The van der Waals surface area contributed by atoms with E-state index in [-0.39, 0.29) is 23.8 Å². The van der Waals surface area contributed by atoms with Gasteiger partial charge in [-0.3, -0.25) is 14.4 Å². The molecule has 1 saturated carbocycles. The predicted octanol–water partition coefficient (Wildman–Crippen LogP) is 1.68. The Morgan fingerprint density at radius 2 is 1.97 bits per heavy atom. The van der Waals surface area contributed by atoms with Crippen LogP contribution < -0.4 is 10.6 Å². The summed E-state index contributed by atoms with van der Waals surface area (Å²) >= 11 is 0. The third kappa shape index (κ3) is 4.54. The van der Waals surface area contributed by atoms with Crippen molar-refractivity contribution in [2.24, 2.45) is 5.92 Å². The van der Waals surface area contributed by atoms with Gasteiger partial charge in [0.25, 0.3) is 0 Å². The number of hydrogen-bond acceptors (Lipinski definition) is 4. The van der Waals surface area contributed by atoms with E-state index in [1.54, 1.807) is 29.2 Å². The van der Waals surface area contributed by atoms with Gasteiger partial charge in [0.1, 0.15) is 12.1 Å². The summed E-state index contributed by atoms with van der Waals surface area (Å²) in [5.74, 6) is -0.518. The molecule has 1 aliphatic carbocycles. The summed E-state index contributed by atoms with van der Waals surface area (Å²) in [6.07, 6.45) is 6.27. The van der Waals surface area contributed by atoms with Crippen molar-refractivity contribution in [3.8, 4) is 6.07 Å². The number of carbonyl (C=O) groups is 3. The standard InChI is InChI=1S/C23H28N4O3/c1-3-21(28)27-19-7-5-4-6-17(19)13-20(27)23(30)26-18(22(29)25-2)12-15-8-10-16(14-24)11-9-15/h3,8-11,17-20H,1,4-7,12-13H2,2H3,(H,25,29)(H,26,30)/t17?,18?,19?,20-/m0/s1. The Kier molecular flexibility index (Phi) is 6.88. The SMILES string of the molecule is C=CC(=O)N1C2CCCCC2C[C@H]1C(=O)NC(Cc1ccc(C#N)cc1)C(=O)NC. The highest BCUT2D eigenvalue weighted by atomic mass is 16.2. The number of fused-ring (bicyclic) bond motifs is 1. The zero-order valence-corrected chi connectivity index (χ0v) is 17.3. The molecule has 1 aromatic carbocycles. The molecule has 7 nitrogen and oxygen atoms in total. The summed E-state index contributed by atoms with van der Waals surface area (Å²) in [7, 11) is 1.53. The van der Waals surface area contributed by atoms with Crippen LogP contribution in [0.1, 0.15) is 43.2 Å². The van der Waals surface area contributed by atoms with Crippen LogP contribution in [-0.2, 0) is 20.8 Å². The smallest absolute Gasteiger partial charge is 0.246 e. The molecule has 2 fully saturated rings. The third-order valence-corrected chi connectivity index (χ3v) is 6.22. The summed E-state index contributed by atoms with van der Waals surface area (Å²) < 4.78 is 0. The van der Waals surface area contributed by atoms with Crippen molar-refractivity contribution < 1.29 is 14.4 Å². The quantitative estimate of drug-likeness (QED) is 0.699. The average Bonchev–Trinajstić information content (AvgIpc) is 3.17. The lowest BCUT2D eigenvalue weighted by molar-refractivity contribution is -0.138. The molecule has 0 radical (unpaired) electrons. The lowest BCUT2D eigenvalue weighted by Gasteiger charge is -2.33. The number of nitrogens with one attached hydrogen (secondary N) is 2. The van der Waals surface area contributed by atoms with Crippen molar-refractivity contribution in [3.05, 3.63) is 48.0 Å². The second-order valence-corrected chi connectivity index (χ2v) is 8.00. The summed E-state index contributed by atoms with van der Waals surface area (Å²) in [5.41, 5.74) is 1.37. The summed E-state index contributed by atoms with van der Waals surface area (Å²) in [6, 6.07) is 7.70. The van der Waals surface area contributed by atoms with Crippen molar-refractivity contribution in [2.45, 2.75) is 56.7 Å². The topological polar surface area (TPSA) is 102 Å². The maximum absolute atomic E-state index is 13.2. The first-order valence-corrected chi connectivity index (χ1v) is 10.4. The van der Waals surface area contributed by atoms with Crippen molar-refractivity contribution in [3.63, 3.8) is 0 Å². The second-order valence-electron chi connectivity index (χ2n) is 8.00. The predicted molar refractivity (Wildman–Crippen MR) is 112 cm³/mol. The van der Waals surface area contributed by atoms with E-state index in [4.69, 9.17) is 5.26 Å². The van der Waals surface area contributed by atoms with Gasteiger partial charge in [-0.25, -0.2) is 0 Å². The number of rotatable bonds is 6. The zero-order chi connectivity index (χ0) is 21.7. The van der Waals surface area contributed by atoms with Crippen LogP contribution in [0.15, 0.2) is 36.9 Å². The van der Waals surface area contributed by atoms with Crippen LogP contribution in [0.2, 0.25) is 0 Å². The Labute approximate surface area is 177 Å². The van der Waals surface area contributed by atoms with E-state index < -0.39 is 12.1 Å². The number of carbonyl (C=O) groups excluding carboxylic acids is 3. The molecule has 2 aliphatic rings. The first-order chi connectivity index (χ1) is 14.5. The normalized spacial score (nSPS) is 23.6. The fourth-order valence-electron chi connectivity index (χ4n) is 4.72. The van der Waals surface area contributed by atoms with E-state index in [1.165, 1.54) is 13.1 Å². The lowest BCUT2D eigenvalue weighted by Crippen LogP contribution is -2.54. The van der Waals surface area contributed by atoms with Crippen molar-refractivity contribution >= 4 is 17.7 Å². The molecule has 1 saturated heterocycles. The minimum Gasteiger partial charge on any atom is -0.357 e. The van der Waals surface area contributed by atoms with Gasteiger partial charge in [-0.1, -0.05) is 31.6 Å². The summed E-state index contributed by atoms with van der Waals surface area (Å²) in [6.45, 7) is 3.60. The van der Waals surface area contributed by atoms with E-state index in [0.29, 0.717) is 24.3 Å². The minimum absolute atomic E-state index is 0.0666. The lowest BCUT2D eigenvalue weighted by atomic mass is 9.84. The number of benzene rings is 1.